The van der Waals surface area contributed by atoms with Gasteiger partial charge in [-0.3, -0.25) is 8.96 Å². The minimum Gasteiger partial charge on any atom is -1.00 e. The summed E-state index contributed by atoms with van der Waals surface area (Å²) < 4.78 is 19.9. The number of hydrogen-bond acceptors (Lipinski definition) is 6. The molecule has 0 bridgehead atoms. The van der Waals surface area contributed by atoms with Crippen molar-refractivity contribution in [3.05, 3.63) is 340 Å². The van der Waals surface area contributed by atoms with Crippen LogP contribution in [0.4, 0.5) is 4.39 Å². The van der Waals surface area contributed by atoms with E-state index in [-0.39, 0.29) is 47.1 Å². The number of rotatable bonds is 5. The third kappa shape index (κ3) is 11.8. The van der Waals surface area contributed by atoms with E-state index in [9.17, 15) is 4.39 Å². The molecular weight excluding hydrogens is 1510 g/mol. The van der Waals surface area contributed by atoms with Crippen LogP contribution < -0.4 is 29.6 Å². The maximum atomic E-state index is 9.96. The van der Waals surface area contributed by atoms with Crippen LogP contribution in [0.3, 0.4) is 0 Å². The largest absolute Gasteiger partial charge is 1.00 e. The van der Waals surface area contributed by atoms with Gasteiger partial charge in [0.2, 0.25) is 11.2 Å². The number of benzene rings is 16. The third-order valence-electron chi connectivity index (χ3n) is 22.2. The van der Waals surface area contributed by atoms with E-state index in [1.165, 1.54) is 131 Å². The van der Waals surface area contributed by atoms with Crippen LogP contribution in [0, 0.1) is 0 Å². The molecule has 0 spiro atoms. The maximum Gasteiger partial charge on any atom is 1.00 e. The minimum atomic E-state index is -1.00. The van der Waals surface area contributed by atoms with Crippen molar-refractivity contribution in [2.45, 2.75) is 38.5 Å². The van der Waals surface area contributed by atoms with Gasteiger partial charge < -0.3 is 6.41 Å². The number of hydrogen-bond donors (Lipinski definition) is 1. The third-order valence-corrected chi connectivity index (χ3v) is 23.3. The van der Waals surface area contributed by atoms with E-state index in [1.807, 2.05) is 97.1 Å². The molecule has 4 heterocycles. The summed E-state index contributed by atoms with van der Waals surface area (Å²) in [5.74, 6) is 3.04. The number of nitrogens with one attached hydrogen (secondary N) is 1. The van der Waals surface area contributed by atoms with Crippen LogP contribution in [0.1, 0.15) is 52.7 Å². The minimum absolute atomic E-state index is 0. The molecule has 0 atom stereocenters. The van der Waals surface area contributed by atoms with Gasteiger partial charge in [0.05, 0.1) is 19.6 Å². The molecule has 0 amide bonds. The molecule has 0 aliphatic heterocycles. The number of halogens is 4. The Hall–Kier alpha value is -11.1. The number of alkyl halides is 1. The number of fused-ring (bicyclic) bond motifs is 24. The Morgan fingerprint density at radius 2 is 0.627 bits per heavy atom. The molecule has 16 aromatic carbocycles. The average Bonchev–Trinajstić information content (AvgIpc) is 1.52. The summed E-state index contributed by atoms with van der Waals surface area (Å²) in [5, 5.41) is 20.8. The van der Waals surface area contributed by atoms with E-state index in [0.717, 1.165) is 53.0 Å². The van der Waals surface area contributed by atoms with Crippen molar-refractivity contribution in [2.75, 3.05) is 7.15 Å². The number of H-pyrrole nitrogens is 1. The topological polar surface area (TPSA) is 98.1 Å². The molecule has 0 saturated heterocycles. The van der Waals surface area contributed by atoms with Crippen LogP contribution in [-0.4, -0.2) is 46.6 Å². The van der Waals surface area contributed by atoms with Gasteiger partial charge >= 0.3 is 29.6 Å². The molecule has 0 saturated carbocycles. The summed E-state index contributed by atoms with van der Waals surface area (Å²) in [7, 11) is -1.00. The fraction of sp³-hybridized carbons (Fsp3) is 0.0722. The molecule has 2 aliphatic carbocycles. The second kappa shape index (κ2) is 28.1. The van der Waals surface area contributed by atoms with Gasteiger partial charge in [0.1, 0.15) is 0 Å². The Kier molecular flexibility index (Phi) is 17.7. The van der Waals surface area contributed by atoms with Gasteiger partial charge in [0.15, 0.2) is 23.3 Å². The first-order valence-corrected chi connectivity index (χ1v) is 38.2. The zero-order valence-corrected chi connectivity index (χ0v) is 66.6. The Balaban J connectivity index is 0.000000132. The van der Waals surface area contributed by atoms with E-state index in [1.54, 1.807) is 0 Å². The standard InChI is InChI=1S/C48H31BrN4.C33H22BrN.C15H10ClN3.CH3F.Na.H/c1-48(2)41-26-36-34-20-12-10-18-32(34)31-17-9-11-19-33(31)35(36)24-37(41)38-25-40-39-23-30(49)21-22-43(39)53(44(40)27-42(38)48)47-51-45(28-13-5-3-6-14-28)50-46(52-47)29-15-7-4-8-16-29;1-33(2)29-16-24-22-10-6-4-8-20(22)19-7-3-5-9-21(19)23(24)14-25(29)26-15-28-27-13-18(34)11-12-31(27)35-32(28)17-30(26)33;16-15-18-13(11-7-3-1-4-8-11)17-14(19-15)12-9-5-2-6-10-12;1-2;;/h3-27H,1-2H3;3-17,35H,1-2H3;1-10H;1H3;;/q;;;;+1;-1/i;;;1D;;. The number of aromatic amines is 1. The van der Waals surface area contributed by atoms with E-state index in [0.29, 0.717) is 29.2 Å². The van der Waals surface area contributed by atoms with Gasteiger partial charge in [0, 0.05) is 74.6 Å². The molecule has 0 unspecified atom stereocenters. The number of nitrogens with zero attached hydrogens (tertiary/aromatic N) is 7. The molecular formula is C97H67Br2ClFN8Na. The summed E-state index contributed by atoms with van der Waals surface area (Å²) in [5.41, 5.74) is 18.7. The van der Waals surface area contributed by atoms with Crippen molar-refractivity contribution < 1.29 is 36.7 Å². The van der Waals surface area contributed by atoms with E-state index in [2.05, 4.69) is 290 Å². The predicted octanol–water partition coefficient (Wildman–Crippen LogP) is 24.2. The van der Waals surface area contributed by atoms with Crippen molar-refractivity contribution in [1.29, 1.82) is 0 Å². The van der Waals surface area contributed by atoms with E-state index >= 15 is 0 Å². The van der Waals surface area contributed by atoms with Crippen molar-refractivity contribution in [2.24, 2.45) is 0 Å². The van der Waals surface area contributed by atoms with Gasteiger partial charge in [-0.05, 0) is 206 Å². The van der Waals surface area contributed by atoms with Crippen LogP contribution in [-0.2, 0) is 10.8 Å². The first-order valence-electron chi connectivity index (χ1n) is 36.9. The zero-order chi connectivity index (χ0) is 74.7. The SMILES string of the molecule is CC1(C)c2cc3[nH]c4ccc(Br)cc4c3cc2-c2cc3c4ccccc4c4ccccc4c3cc21.CC1(C)c2cc3c4ccccc4c4ccccc4c3cc2-c2cc3c4cc(Br)ccc4n(-c4nc(-c5ccccc5)nc(-c5ccccc5)n4)c3cc21.Clc1nc(-c2ccccc2)nc(-c2ccccc2)n1.[2H]CF.[H-].[Na+]. The quantitative estimate of drug-likeness (QED) is 0.136. The van der Waals surface area contributed by atoms with Crippen molar-refractivity contribution in [3.63, 3.8) is 0 Å². The smallest absolute Gasteiger partial charge is 1.00 e. The zero-order valence-electron chi connectivity index (χ0n) is 62.7. The second-order valence-electron chi connectivity index (χ2n) is 29.0. The van der Waals surface area contributed by atoms with Crippen LogP contribution in [0.2, 0.25) is 5.28 Å². The van der Waals surface area contributed by atoms with Crippen molar-refractivity contribution >= 4 is 152 Å². The molecule has 524 valence electrons. The molecule has 4 aromatic heterocycles. The Morgan fingerprint density at radius 3 is 1.04 bits per heavy atom. The van der Waals surface area contributed by atoms with Gasteiger partial charge in [-0.25, -0.2) is 9.97 Å². The Labute approximate surface area is 681 Å². The van der Waals surface area contributed by atoms with Gasteiger partial charge in [-0.2, -0.15) is 19.9 Å². The van der Waals surface area contributed by atoms with Gasteiger partial charge in [0.25, 0.3) is 0 Å². The second-order valence-corrected chi connectivity index (χ2v) is 31.2. The van der Waals surface area contributed by atoms with Crippen LogP contribution in [0.15, 0.2) is 312 Å². The van der Waals surface area contributed by atoms with Gasteiger partial charge in [-0.1, -0.05) is 278 Å². The first kappa shape index (κ1) is 69.3. The molecule has 13 heteroatoms. The van der Waals surface area contributed by atoms with E-state index < -0.39 is 7.15 Å². The summed E-state index contributed by atoms with van der Waals surface area (Å²) in [6.07, 6.45) is 0. The monoisotopic (exact) mass is 1580 g/mol. The summed E-state index contributed by atoms with van der Waals surface area (Å²) in [4.78, 5) is 31.8. The van der Waals surface area contributed by atoms with E-state index in [4.69, 9.17) is 27.9 Å². The Bertz CT molecular complexity index is 7030. The molecule has 8 nitrogen and oxygen atoms in total. The summed E-state index contributed by atoms with van der Waals surface area (Å²) >= 11 is 13.4. The first-order chi connectivity index (χ1) is 53.7. The predicted molar refractivity (Wildman–Crippen MR) is 460 cm³/mol. The van der Waals surface area contributed by atoms with Crippen molar-refractivity contribution in [1.82, 2.24) is 39.5 Å². The molecule has 20 aromatic rings. The fourth-order valence-electron chi connectivity index (χ4n) is 17.0. The normalized spacial score (nSPS) is 13.0. The van der Waals surface area contributed by atoms with Crippen LogP contribution in [0.5, 0.6) is 0 Å². The molecule has 22 rings (SSSR count). The van der Waals surface area contributed by atoms with Crippen LogP contribution >= 0.6 is 43.5 Å². The molecule has 1 N–H and O–H groups in total. The molecule has 0 radical (unpaired) electrons. The van der Waals surface area contributed by atoms with Crippen LogP contribution in [0.25, 0.3) is 182 Å². The molecule has 2 aliphatic rings. The maximum absolute atomic E-state index is 9.96. The molecule has 0 fully saturated rings. The summed E-state index contributed by atoms with van der Waals surface area (Å²) in [6.45, 7) is 9.48. The number of aromatic nitrogens is 8. The van der Waals surface area contributed by atoms with Crippen molar-refractivity contribution in [3.8, 4) is 73.8 Å². The molecule has 110 heavy (non-hydrogen) atoms. The van der Waals surface area contributed by atoms with Gasteiger partial charge in [-0.15, -0.1) is 0 Å². The average molecular weight is 1580 g/mol. The Morgan fingerprint density at radius 1 is 0.327 bits per heavy atom. The fourth-order valence-corrected chi connectivity index (χ4v) is 17.9. The summed E-state index contributed by atoms with van der Waals surface area (Å²) in [6, 6.07) is 108.